The highest BCUT2D eigenvalue weighted by atomic mass is 35.5. The van der Waals surface area contributed by atoms with Gasteiger partial charge in [0.15, 0.2) is 0 Å². The van der Waals surface area contributed by atoms with Crippen LogP contribution in [0.15, 0.2) is 42.5 Å². The van der Waals surface area contributed by atoms with Crippen LogP contribution in [0.3, 0.4) is 0 Å². The predicted molar refractivity (Wildman–Crippen MR) is 109 cm³/mol. The summed E-state index contributed by atoms with van der Waals surface area (Å²) in [6.07, 6.45) is 2.51. The van der Waals surface area contributed by atoms with Gasteiger partial charge in [0.05, 0.1) is 6.54 Å². The maximum atomic E-state index is 12.3. The molecule has 0 bridgehead atoms. The summed E-state index contributed by atoms with van der Waals surface area (Å²) in [4.78, 5) is 16.6. The number of carbonyl (C=O) groups is 1. The van der Waals surface area contributed by atoms with Gasteiger partial charge in [0.2, 0.25) is 5.91 Å². The number of hydrogen-bond acceptors (Lipinski definition) is 3. The zero-order chi connectivity index (χ0) is 18.5. The number of amides is 1. The van der Waals surface area contributed by atoms with Crippen molar-refractivity contribution in [3.8, 4) is 0 Å². The van der Waals surface area contributed by atoms with Crippen molar-refractivity contribution in [3.05, 3.63) is 58.1 Å². The molecule has 1 saturated heterocycles. The van der Waals surface area contributed by atoms with E-state index in [0.29, 0.717) is 16.6 Å². The highest BCUT2D eigenvalue weighted by molar-refractivity contribution is 6.34. The Kier molecular flexibility index (Phi) is 6.41. The Hall–Kier alpha value is -1.75. The maximum absolute atomic E-state index is 12.3. The molecular weight excluding hydrogens is 369 g/mol. The molecule has 0 radical (unpaired) electrons. The molecule has 0 aromatic heterocycles. The highest BCUT2D eigenvalue weighted by Crippen LogP contribution is 2.22. The third kappa shape index (κ3) is 5.37. The molecule has 1 fully saturated rings. The van der Waals surface area contributed by atoms with Crippen LogP contribution in [0.1, 0.15) is 18.4 Å². The molecule has 6 heteroatoms. The van der Waals surface area contributed by atoms with Gasteiger partial charge in [0, 0.05) is 41.1 Å². The van der Waals surface area contributed by atoms with Gasteiger partial charge in [0.1, 0.15) is 0 Å². The number of likely N-dealkylation sites (N-methyl/N-ethyl adjacent to an activating group) is 1. The largest absolute Gasteiger partial charge is 0.372 e. The molecule has 1 aliphatic rings. The molecule has 2 aromatic carbocycles. The Labute approximate surface area is 164 Å². The van der Waals surface area contributed by atoms with E-state index in [4.69, 9.17) is 23.2 Å². The summed E-state index contributed by atoms with van der Waals surface area (Å²) in [6, 6.07) is 13.5. The van der Waals surface area contributed by atoms with Crippen LogP contribution < -0.4 is 10.2 Å². The monoisotopic (exact) mass is 391 g/mol. The predicted octanol–water partition coefficient (Wildman–Crippen LogP) is 4.66. The first-order valence-corrected chi connectivity index (χ1v) is 9.53. The SMILES string of the molecule is CN(CC(=O)Nc1ccc(N2CCCC2)cc1)Cc1cc(Cl)cc(Cl)c1. The Balaban J connectivity index is 1.51. The molecule has 2 aromatic rings. The third-order valence-corrected chi connectivity index (χ3v) is 4.85. The fourth-order valence-corrected chi connectivity index (χ4v) is 3.82. The summed E-state index contributed by atoms with van der Waals surface area (Å²) in [5.74, 6) is -0.0467. The molecule has 4 nitrogen and oxygen atoms in total. The zero-order valence-electron chi connectivity index (χ0n) is 14.8. The van der Waals surface area contributed by atoms with Gasteiger partial charge in [0.25, 0.3) is 0 Å². The Bertz CT molecular complexity index is 738. The molecule has 0 aliphatic carbocycles. The number of nitrogens with one attached hydrogen (secondary N) is 1. The fourth-order valence-electron chi connectivity index (χ4n) is 3.25. The summed E-state index contributed by atoms with van der Waals surface area (Å²) < 4.78 is 0. The molecule has 1 heterocycles. The van der Waals surface area contributed by atoms with E-state index < -0.39 is 0 Å². The Morgan fingerprint density at radius 3 is 2.31 bits per heavy atom. The van der Waals surface area contributed by atoms with Crippen molar-refractivity contribution in [1.82, 2.24) is 4.90 Å². The van der Waals surface area contributed by atoms with Gasteiger partial charge in [-0.1, -0.05) is 23.2 Å². The molecule has 3 rings (SSSR count). The zero-order valence-corrected chi connectivity index (χ0v) is 16.4. The van der Waals surface area contributed by atoms with E-state index >= 15 is 0 Å². The first-order chi connectivity index (χ1) is 12.5. The number of rotatable bonds is 6. The third-order valence-electron chi connectivity index (χ3n) is 4.41. The minimum Gasteiger partial charge on any atom is -0.372 e. The van der Waals surface area contributed by atoms with Crippen LogP contribution in [0.4, 0.5) is 11.4 Å². The first-order valence-electron chi connectivity index (χ1n) is 8.78. The number of nitrogens with zero attached hydrogens (tertiary/aromatic N) is 2. The van der Waals surface area contributed by atoms with Gasteiger partial charge < -0.3 is 10.2 Å². The standard InChI is InChI=1S/C20H23Cl2N3O/c1-24(13-15-10-16(21)12-17(22)11-15)14-20(26)23-18-4-6-19(7-5-18)25-8-2-3-9-25/h4-7,10-12H,2-3,8-9,13-14H2,1H3,(H,23,26). The van der Waals surface area contributed by atoms with Crippen LogP contribution in [-0.4, -0.2) is 37.5 Å². The van der Waals surface area contributed by atoms with E-state index in [2.05, 4.69) is 22.3 Å². The summed E-state index contributed by atoms with van der Waals surface area (Å²) in [6.45, 7) is 3.12. The van der Waals surface area contributed by atoms with Crippen molar-refractivity contribution in [3.63, 3.8) is 0 Å². The molecule has 0 unspecified atom stereocenters. The van der Waals surface area contributed by atoms with E-state index in [1.54, 1.807) is 6.07 Å². The lowest BCUT2D eigenvalue weighted by atomic mass is 10.2. The van der Waals surface area contributed by atoms with Gasteiger partial charge in [-0.05, 0) is 67.9 Å². The fraction of sp³-hybridized carbons (Fsp3) is 0.350. The lowest BCUT2D eigenvalue weighted by Gasteiger charge is -2.19. The smallest absolute Gasteiger partial charge is 0.238 e. The number of benzene rings is 2. The van der Waals surface area contributed by atoms with E-state index in [-0.39, 0.29) is 12.5 Å². The minimum atomic E-state index is -0.0467. The van der Waals surface area contributed by atoms with E-state index in [9.17, 15) is 4.79 Å². The highest BCUT2D eigenvalue weighted by Gasteiger charge is 2.13. The van der Waals surface area contributed by atoms with Gasteiger partial charge in [-0.15, -0.1) is 0 Å². The molecule has 0 atom stereocenters. The van der Waals surface area contributed by atoms with Crippen LogP contribution in [0.2, 0.25) is 10.0 Å². The van der Waals surface area contributed by atoms with Crippen LogP contribution in [0.25, 0.3) is 0 Å². The molecule has 0 spiro atoms. The number of anilines is 2. The summed E-state index contributed by atoms with van der Waals surface area (Å²) in [7, 11) is 1.89. The van der Waals surface area contributed by atoms with Crippen molar-refractivity contribution in [2.45, 2.75) is 19.4 Å². The molecule has 1 amide bonds. The topological polar surface area (TPSA) is 35.6 Å². The second-order valence-corrected chi connectivity index (χ2v) is 7.61. The number of carbonyl (C=O) groups excluding carboxylic acids is 1. The van der Waals surface area contributed by atoms with Crippen LogP contribution in [0.5, 0.6) is 0 Å². The van der Waals surface area contributed by atoms with Crippen molar-refractivity contribution in [2.75, 3.05) is 36.9 Å². The van der Waals surface area contributed by atoms with Crippen molar-refractivity contribution in [1.29, 1.82) is 0 Å². The number of hydrogen-bond donors (Lipinski definition) is 1. The maximum Gasteiger partial charge on any atom is 0.238 e. The van der Waals surface area contributed by atoms with Crippen molar-refractivity contribution in [2.24, 2.45) is 0 Å². The summed E-state index contributed by atoms with van der Waals surface area (Å²) in [5.41, 5.74) is 3.01. The Morgan fingerprint density at radius 1 is 1.08 bits per heavy atom. The average Bonchev–Trinajstić information content (AvgIpc) is 3.08. The van der Waals surface area contributed by atoms with Crippen molar-refractivity contribution >= 4 is 40.5 Å². The van der Waals surface area contributed by atoms with E-state index in [1.165, 1.54) is 18.5 Å². The average molecular weight is 392 g/mol. The van der Waals surface area contributed by atoms with Gasteiger partial charge >= 0.3 is 0 Å². The van der Waals surface area contributed by atoms with Crippen LogP contribution in [0, 0.1) is 0 Å². The van der Waals surface area contributed by atoms with Crippen LogP contribution in [-0.2, 0) is 11.3 Å². The lowest BCUT2D eigenvalue weighted by molar-refractivity contribution is -0.117. The molecule has 1 N–H and O–H groups in total. The molecule has 26 heavy (non-hydrogen) atoms. The summed E-state index contributed by atoms with van der Waals surface area (Å²) >= 11 is 12.0. The molecular formula is C20H23Cl2N3O. The summed E-state index contributed by atoms with van der Waals surface area (Å²) in [5, 5.41) is 4.15. The molecule has 1 aliphatic heterocycles. The first kappa shape index (κ1) is 19.0. The second-order valence-electron chi connectivity index (χ2n) is 6.74. The Morgan fingerprint density at radius 2 is 1.69 bits per heavy atom. The normalized spacial score (nSPS) is 14.1. The van der Waals surface area contributed by atoms with E-state index in [1.807, 2.05) is 36.2 Å². The second kappa shape index (κ2) is 8.76. The van der Waals surface area contributed by atoms with Gasteiger partial charge in [-0.25, -0.2) is 0 Å². The van der Waals surface area contributed by atoms with Crippen LogP contribution >= 0.6 is 23.2 Å². The van der Waals surface area contributed by atoms with E-state index in [0.717, 1.165) is 24.3 Å². The minimum absolute atomic E-state index is 0.0467. The quantitative estimate of drug-likeness (QED) is 0.777. The van der Waals surface area contributed by atoms with Gasteiger partial charge in [-0.2, -0.15) is 0 Å². The lowest BCUT2D eigenvalue weighted by Crippen LogP contribution is -2.29. The van der Waals surface area contributed by atoms with Crippen molar-refractivity contribution < 1.29 is 4.79 Å². The number of halogens is 2. The molecule has 0 saturated carbocycles. The van der Waals surface area contributed by atoms with Gasteiger partial charge in [-0.3, -0.25) is 9.69 Å². The molecule has 138 valence electrons.